The number of nitrogens with zero attached hydrogens (tertiary/aromatic N) is 2. The van der Waals surface area contributed by atoms with Crippen LogP contribution < -0.4 is 9.47 Å². The van der Waals surface area contributed by atoms with E-state index < -0.39 is 4.92 Å². The van der Waals surface area contributed by atoms with Gasteiger partial charge in [0.2, 0.25) is 5.88 Å². The molecule has 0 atom stereocenters. The molecule has 24 heavy (non-hydrogen) atoms. The van der Waals surface area contributed by atoms with Gasteiger partial charge in [-0.05, 0) is 6.07 Å². The molecule has 8 nitrogen and oxygen atoms in total. The number of pyridine rings is 1. The van der Waals surface area contributed by atoms with Gasteiger partial charge in [0.25, 0.3) is 5.69 Å². The van der Waals surface area contributed by atoms with Crippen molar-refractivity contribution in [2.45, 2.75) is 6.61 Å². The standard InChI is InChI=1S/C16H16N2O6/c1-22-9-13-12(5-4-10(8-19)16(13)18(20)21)14-6-11(23-2)7-15(17-14)24-3/h4-8H,9H2,1-3H3. The molecule has 8 heteroatoms. The first-order valence-electron chi connectivity index (χ1n) is 6.90. The molecule has 0 aliphatic heterocycles. The normalized spacial score (nSPS) is 10.3. The fourth-order valence-electron chi connectivity index (χ4n) is 2.34. The maximum absolute atomic E-state index is 11.4. The van der Waals surface area contributed by atoms with Crippen molar-refractivity contribution in [2.75, 3.05) is 21.3 Å². The zero-order valence-corrected chi connectivity index (χ0v) is 13.4. The number of ether oxygens (including phenoxy) is 3. The Morgan fingerprint density at radius 1 is 1.21 bits per heavy atom. The van der Waals surface area contributed by atoms with Gasteiger partial charge in [0.15, 0.2) is 6.29 Å². The van der Waals surface area contributed by atoms with E-state index in [1.165, 1.54) is 27.4 Å². The minimum atomic E-state index is -0.598. The average molecular weight is 332 g/mol. The van der Waals surface area contributed by atoms with Crippen molar-refractivity contribution >= 4 is 12.0 Å². The predicted molar refractivity (Wildman–Crippen MR) is 85.5 cm³/mol. The van der Waals surface area contributed by atoms with E-state index in [4.69, 9.17) is 14.2 Å². The minimum absolute atomic E-state index is 0.0225. The maximum atomic E-state index is 11.4. The Hall–Kier alpha value is -3.00. The van der Waals surface area contributed by atoms with Crippen LogP contribution in [0.25, 0.3) is 11.3 Å². The Labute approximate surface area is 138 Å². The first kappa shape index (κ1) is 17.4. The lowest BCUT2D eigenvalue weighted by Gasteiger charge is -2.12. The predicted octanol–water partition coefficient (Wildman–Crippen LogP) is 2.63. The van der Waals surface area contributed by atoms with E-state index in [1.54, 1.807) is 18.2 Å². The van der Waals surface area contributed by atoms with E-state index in [-0.39, 0.29) is 23.4 Å². The molecule has 2 rings (SSSR count). The van der Waals surface area contributed by atoms with E-state index in [0.29, 0.717) is 29.2 Å². The molecule has 0 aliphatic rings. The van der Waals surface area contributed by atoms with Crippen molar-refractivity contribution in [3.05, 3.63) is 45.5 Å². The third kappa shape index (κ3) is 3.33. The van der Waals surface area contributed by atoms with Crippen LogP contribution >= 0.6 is 0 Å². The molecule has 1 aromatic heterocycles. The largest absolute Gasteiger partial charge is 0.496 e. The van der Waals surface area contributed by atoms with Gasteiger partial charge in [-0.2, -0.15) is 0 Å². The SMILES string of the molecule is COCc1c(-c2cc(OC)cc(OC)n2)ccc(C=O)c1[N+](=O)[O-]. The number of carbonyl (C=O) groups is 1. The summed E-state index contributed by atoms with van der Waals surface area (Å²) >= 11 is 0. The molecule has 2 aromatic rings. The summed E-state index contributed by atoms with van der Waals surface area (Å²) < 4.78 is 15.4. The molecule has 0 aliphatic carbocycles. The minimum Gasteiger partial charge on any atom is -0.496 e. The first-order valence-corrected chi connectivity index (χ1v) is 6.90. The number of aromatic nitrogens is 1. The zero-order chi connectivity index (χ0) is 17.7. The molecule has 0 unspecified atom stereocenters. The number of carbonyl (C=O) groups excluding carboxylic acids is 1. The number of benzene rings is 1. The lowest BCUT2D eigenvalue weighted by atomic mass is 9.99. The summed E-state index contributed by atoms with van der Waals surface area (Å²) in [5.74, 6) is 0.789. The fraction of sp³-hybridized carbons (Fsp3) is 0.250. The molecule has 1 aromatic carbocycles. The summed E-state index contributed by atoms with van der Waals surface area (Å²) in [5, 5.41) is 11.4. The van der Waals surface area contributed by atoms with Gasteiger partial charge in [-0.1, -0.05) is 6.07 Å². The monoisotopic (exact) mass is 332 g/mol. The van der Waals surface area contributed by atoms with Crippen LogP contribution in [0.15, 0.2) is 24.3 Å². The molecule has 0 bridgehead atoms. The number of hydrogen-bond acceptors (Lipinski definition) is 7. The van der Waals surface area contributed by atoms with Crippen LogP contribution in [0.2, 0.25) is 0 Å². The van der Waals surface area contributed by atoms with Crippen LogP contribution in [0.5, 0.6) is 11.6 Å². The van der Waals surface area contributed by atoms with Crippen LogP contribution in [-0.4, -0.2) is 37.5 Å². The fourth-order valence-corrected chi connectivity index (χ4v) is 2.34. The Kier molecular flexibility index (Phi) is 5.43. The first-order chi connectivity index (χ1) is 11.5. The lowest BCUT2D eigenvalue weighted by Crippen LogP contribution is -2.04. The number of methoxy groups -OCH3 is 3. The molecule has 0 spiro atoms. The van der Waals surface area contributed by atoms with Gasteiger partial charge < -0.3 is 14.2 Å². The molecule has 0 radical (unpaired) electrons. The lowest BCUT2D eigenvalue weighted by molar-refractivity contribution is -0.386. The highest BCUT2D eigenvalue weighted by Gasteiger charge is 2.24. The van der Waals surface area contributed by atoms with Gasteiger partial charge >= 0.3 is 0 Å². The summed E-state index contributed by atoms with van der Waals surface area (Å²) in [6.45, 7) is -0.0471. The van der Waals surface area contributed by atoms with Gasteiger partial charge in [0.1, 0.15) is 5.75 Å². The summed E-state index contributed by atoms with van der Waals surface area (Å²) in [7, 11) is 4.37. The molecule has 126 valence electrons. The van der Waals surface area contributed by atoms with Crippen molar-refractivity contribution in [3.8, 4) is 22.9 Å². The molecule has 0 fully saturated rings. The van der Waals surface area contributed by atoms with E-state index >= 15 is 0 Å². The Bertz CT molecular complexity index is 753. The second-order valence-electron chi connectivity index (χ2n) is 4.77. The highest BCUT2D eigenvalue weighted by atomic mass is 16.6. The molecular formula is C16H16N2O6. The highest BCUT2D eigenvalue weighted by Crippen LogP contribution is 2.35. The number of hydrogen-bond donors (Lipinski definition) is 0. The van der Waals surface area contributed by atoms with Gasteiger partial charge in [0, 0.05) is 24.8 Å². The van der Waals surface area contributed by atoms with Gasteiger partial charge in [0.05, 0.1) is 42.6 Å². The van der Waals surface area contributed by atoms with Crippen LogP contribution in [0.1, 0.15) is 15.9 Å². The quantitative estimate of drug-likeness (QED) is 0.436. The summed E-state index contributed by atoms with van der Waals surface area (Å²) in [6.07, 6.45) is 0.445. The van der Waals surface area contributed by atoms with Crippen molar-refractivity contribution in [3.63, 3.8) is 0 Å². The average Bonchev–Trinajstić information content (AvgIpc) is 2.60. The second-order valence-corrected chi connectivity index (χ2v) is 4.77. The number of rotatable bonds is 7. The Morgan fingerprint density at radius 3 is 2.50 bits per heavy atom. The van der Waals surface area contributed by atoms with Crippen LogP contribution in [0.3, 0.4) is 0 Å². The van der Waals surface area contributed by atoms with Crippen molar-refractivity contribution in [1.29, 1.82) is 0 Å². The Balaban J connectivity index is 2.76. The van der Waals surface area contributed by atoms with Crippen LogP contribution in [-0.2, 0) is 11.3 Å². The topological polar surface area (TPSA) is 101 Å². The van der Waals surface area contributed by atoms with E-state index in [9.17, 15) is 14.9 Å². The number of nitro groups is 1. The smallest absolute Gasteiger partial charge is 0.286 e. The third-order valence-electron chi connectivity index (χ3n) is 3.41. The number of aldehydes is 1. The molecule has 1 heterocycles. The molecule has 0 amide bonds. The molecule has 0 N–H and O–H groups in total. The van der Waals surface area contributed by atoms with Gasteiger partial charge in [-0.3, -0.25) is 14.9 Å². The van der Waals surface area contributed by atoms with E-state index in [2.05, 4.69) is 4.98 Å². The third-order valence-corrected chi connectivity index (χ3v) is 3.41. The van der Waals surface area contributed by atoms with Crippen LogP contribution in [0, 0.1) is 10.1 Å². The molecule has 0 saturated heterocycles. The van der Waals surface area contributed by atoms with Crippen molar-refractivity contribution in [1.82, 2.24) is 4.98 Å². The summed E-state index contributed by atoms with van der Waals surface area (Å²) in [5.41, 5.74) is 0.818. The number of nitro benzene ring substituents is 1. The summed E-state index contributed by atoms with van der Waals surface area (Å²) in [4.78, 5) is 26.3. The molecule has 0 saturated carbocycles. The van der Waals surface area contributed by atoms with E-state index in [0.717, 1.165) is 0 Å². The second kappa shape index (κ2) is 7.51. The van der Waals surface area contributed by atoms with Crippen molar-refractivity contribution < 1.29 is 23.9 Å². The zero-order valence-electron chi connectivity index (χ0n) is 13.4. The molecular weight excluding hydrogens is 316 g/mol. The van der Waals surface area contributed by atoms with Gasteiger partial charge in [-0.25, -0.2) is 4.98 Å². The van der Waals surface area contributed by atoms with Crippen LogP contribution in [0.4, 0.5) is 5.69 Å². The highest BCUT2D eigenvalue weighted by molar-refractivity contribution is 5.86. The van der Waals surface area contributed by atoms with Crippen molar-refractivity contribution in [2.24, 2.45) is 0 Å². The Morgan fingerprint density at radius 2 is 1.96 bits per heavy atom. The maximum Gasteiger partial charge on any atom is 0.286 e. The van der Waals surface area contributed by atoms with Gasteiger partial charge in [-0.15, -0.1) is 0 Å². The summed E-state index contributed by atoms with van der Waals surface area (Å²) in [6, 6.07) is 6.19. The van der Waals surface area contributed by atoms with E-state index in [1.807, 2.05) is 0 Å².